The Bertz CT molecular complexity index is 205. The smallest absolute Gasteiger partial charge is 0.321 e. The van der Waals surface area contributed by atoms with E-state index in [1.807, 2.05) is 0 Å². The van der Waals surface area contributed by atoms with Crippen LogP contribution in [0, 0.1) is 0 Å². The number of carbonyl (C=O) groups is 2. The molecule has 0 heterocycles. The molecular weight excluding hydrogens is 240 g/mol. The molecule has 0 aromatic carbocycles. The standard InChI is InChI=1S/C7H14N2O4S2/c8-4(6(10)11)1-14-3-15-2-5(9)7(12)13/h4-5H,1-3,8-9H2,(H,10,11)(H,12,13)/t4-,5+. The number of hydrogen-bond acceptors (Lipinski definition) is 6. The molecule has 0 aliphatic heterocycles. The van der Waals surface area contributed by atoms with Crippen LogP contribution >= 0.6 is 23.5 Å². The van der Waals surface area contributed by atoms with Gasteiger partial charge in [0.1, 0.15) is 12.1 Å². The van der Waals surface area contributed by atoms with Gasteiger partial charge < -0.3 is 21.7 Å². The van der Waals surface area contributed by atoms with Crippen molar-refractivity contribution in [3.63, 3.8) is 0 Å². The summed E-state index contributed by atoms with van der Waals surface area (Å²) in [4.78, 5) is 20.6. The first kappa shape index (κ1) is 14.6. The summed E-state index contributed by atoms with van der Waals surface area (Å²) in [5, 5.41) is 17.5. The largest absolute Gasteiger partial charge is 0.480 e. The molecule has 0 aromatic rings. The first-order valence-corrected chi connectivity index (χ1v) is 6.38. The van der Waals surface area contributed by atoms with E-state index < -0.39 is 24.0 Å². The van der Waals surface area contributed by atoms with Crippen molar-refractivity contribution in [3.05, 3.63) is 0 Å². The molecule has 0 fully saturated rings. The lowest BCUT2D eigenvalue weighted by molar-refractivity contribution is -0.138. The number of aliphatic carboxylic acids is 2. The van der Waals surface area contributed by atoms with Crippen LogP contribution in [0.4, 0.5) is 0 Å². The Kier molecular flexibility index (Phi) is 7.57. The lowest BCUT2D eigenvalue weighted by Gasteiger charge is -2.07. The Morgan fingerprint density at radius 3 is 1.60 bits per heavy atom. The summed E-state index contributed by atoms with van der Waals surface area (Å²) in [6.45, 7) is 0. The zero-order valence-electron chi connectivity index (χ0n) is 7.96. The van der Waals surface area contributed by atoms with Crippen LogP contribution in [0.3, 0.4) is 0 Å². The van der Waals surface area contributed by atoms with Gasteiger partial charge in [-0.25, -0.2) is 0 Å². The molecule has 15 heavy (non-hydrogen) atoms. The molecule has 6 nitrogen and oxygen atoms in total. The van der Waals surface area contributed by atoms with Crippen LogP contribution in [-0.4, -0.2) is 50.8 Å². The van der Waals surface area contributed by atoms with E-state index in [1.165, 1.54) is 23.5 Å². The third-order valence-corrected chi connectivity index (χ3v) is 3.92. The molecule has 0 rings (SSSR count). The fourth-order valence-corrected chi connectivity index (χ4v) is 2.59. The van der Waals surface area contributed by atoms with E-state index in [4.69, 9.17) is 21.7 Å². The van der Waals surface area contributed by atoms with E-state index in [0.717, 1.165) is 0 Å². The van der Waals surface area contributed by atoms with Crippen LogP contribution in [0.25, 0.3) is 0 Å². The van der Waals surface area contributed by atoms with Gasteiger partial charge in [0.05, 0.1) is 0 Å². The van der Waals surface area contributed by atoms with Crippen LogP contribution in [0.2, 0.25) is 0 Å². The highest BCUT2D eigenvalue weighted by molar-refractivity contribution is 8.16. The Balaban J connectivity index is 3.40. The zero-order chi connectivity index (χ0) is 11.8. The van der Waals surface area contributed by atoms with Gasteiger partial charge in [-0.2, -0.15) is 0 Å². The summed E-state index contributed by atoms with van der Waals surface area (Å²) >= 11 is 2.70. The van der Waals surface area contributed by atoms with E-state index >= 15 is 0 Å². The number of carboxylic acid groups (broad SMARTS) is 2. The molecule has 2 atom stereocenters. The van der Waals surface area contributed by atoms with E-state index in [-0.39, 0.29) is 0 Å². The number of thioether (sulfide) groups is 2. The Morgan fingerprint density at radius 2 is 1.33 bits per heavy atom. The van der Waals surface area contributed by atoms with Gasteiger partial charge >= 0.3 is 11.9 Å². The minimum Gasteiger partial charge on any atom is -0.480 e. The summed E-state index contributed by atoms with van der Waals surface area (Å²) in [5.74, 6) is -1.44. The average Bonchev–Trinajstić information content (AvgIpc) is 2.16. The minimum absolute atomic E-state index is 0.310. The zero-order valence-corrected chi connectivity index (χ0v) is 9.59. The molecule has 0 radical (unpaired) electrons. The molecule has 0 saturated carbocycles. The first-order valence-electron chi connectivity index (χ1n) is 4.07. The molecule has 0 aliphatic rings. The fraction of sp³-hybridized carbons (Fsp3) is 0.714. The first-order chi connectivity index (χ1) is 6.95. The van der Waals surface area contributed by atoms with Gasteiger partial charge in [0.25, 0.3) is 0 Å². The third-order valence-electron chi connectivity index (χ3n) is 1.40. The Hall–Kier alpha value is -0.440. The third kappa shape index (κ3) is 7.48. The van der Waals surface area contributed by atoms with Crippen molar-refractivity contribution >= 4 is 35.5 Å². The van der Waals surface area contributed by atoms with Crippen molar-refractivity contribution in [1.82, 2.24) is 0 Å². The van der Waals surface area contributed by atoms with Crippen molar-refractivity contribution in [2.24, 2.45) is 11.5 Å². The molecule has 0 unspecified atom stereocenters. The molecule has 0 spiro atoms. The van der Waals surface area contributed by atoms with Gasteiger partial charge in [0.15, 0.2) is 0 Å². The van der Waals surface area contributed by atoms with Crippen LogP contribution < -0.4 is 11.5 Å². The van der Waals surface area contributed by atoms with Gasteiger partial charge in [0.2, 0.25) is 0 Å². The number of carboxylic acids is 2. The highest BCUT2D eigenvalue weighted by atomic mass is 32.2. The lowest BCUT2D eigenvalue weighted by Crippen LogP contribution is -2.33. The molecule has 0 aromatic heterocycles. The van der Waals surface area contributed by atoms with Crippen molar-refractivity contribution in [3.8, 4) is 0 Å². The van der Waals surface area contributed by atoms with Gasteiger partial charge in [-0.1, -0.05) is 0 Å². The minimum atomic E-state index is -1.03. The molecular formula is C7H14N2O4S2. The molecule has 6 N–H and O–H groups in total. The number of nitrogens with two attached hydrogens (primary N) is 2. The van der Waals surface area contributed by atoms with Crippen LogP contribution in [0.15, 0.2) is 0 Å². The maximum absolute atomic E-state index is 10.3. The second-order valence-electron chi connectivity index (χ2n) is 2.75. The second-order valence-corrected chi connectivity index (χ2v) is 5.17. The summed E-state index contributed by atoms with van der Waals surface area (Å²) in [7, 11) is 0. The highest BCUT2D eigenvalue weighted by Gasteiger charge is 2.12. The van der Waals surface area contributed by atoms with Gasteiger partial charge in [-0.05, 0) is 0 Å². The molecule has 88 valence electrons. The van der Waals surface area contributed by atoms with Crippen molar-refractivity contribution in [2.45, 2.75) is 12.1 Å². The monoisotopic (exact) mass is 254 g/mol. The van der Waals surface area contributed by atoms with E-state index in [2.05, 4.69) is 0 Å². The average molecular weight is 254 g/mol. The van der Waals surface area contributed by atoms with E-state index in [1.54, 1.807) is 0 Å². The summed E-state index contributed by atoms with van der Waals surface area (Å²) in [5.41, 5.74) is 10.5. The Morgan fingerprint density at radius 1 is 1.00 bits per heavy atom. The molecule has 0 amide bonds. The van der Waals surface area contributed by atoms with Crippen LogP contribution in [0.1, 0.15) is 0 Å². The Labute approximate surface area is 95.8 Å². The molecule has 8 heteroatoms. The predicted octanol–water partition coefficient (Wildman–Crippen LogP) is -0.766. The van der Waals surface area contributed by atoms with Crippen molar-refractivity contribution in [2.75, 3.05) is 16.6 Å². The quantitative estimate of drug-likeness (QED) is 0.328. The number of hydrogen-bond donors (Lipinski definition) is 4. The summed E-state index contributed by atoms with van der Waals surface area (Å²) in [6.07, 6.45) is 0. The maximum atomic E-state index is 10.3. The topological polar surface area (TPSA) is 127 Å². The maximum Gasteiger partial charge on any atom is 0.321 e. The highest BCUT2D eigenvalue weighted by Crippen LogP contribution is 2.13. The SMILES string of the molecule is N[C@H](CSCSC[C@H](N)C(=O)O)C(=O)O. The van der Waals surface area contributed by atoms with E-state index in [9.17, 15) is 9.59 Å². The predicted molar refractivity (Wildman–Crippen MR) is 61.0 cm³/mol. The summed E-state index contributed by atoms with van der Waals surface area (Å²) in [6, 6.07) is -1.74. The van der Waals surface area contributed by atoms with Crippen LogP contribution in [-0.2, 0) is 9.59 Å². The molecule has 0 saturated heterocycles. The van der Waals surface area contributed by atoms with Crippen LogP contribution in [0.5, 0.6) is 0 Å². The van der Waals surface area contributed by atoms with Gasteiger partial charge in [-0.3, -0.25) is 9.59 Å². The summed E-state index contributed by atoms with van der Waals surface area (Å²) < 4.78 is 0. The van der Waals surface area contributed by atoms with E-state index in [0.29, 0.717) is 16.6 Å². The van der Waals surface area contributed by atoms with Gasteiger partial charge in [0, 0.05) is 16.6 Å². The van der Waals surface area contributed by atoms with Crippen molar-refractivity contribution in [1.29, 1.82) is 0 Å². The lowest BCUT2D eigenvalue weighted by atomic mass is 10.4. The second kappa shape index (κ2) is 7.80. The van der Waals surface area contributed by atoms with Gasteiger partial charge in [-0.15, -0.1) is 23.5 Å². The van der Waals surface area contributed by atoms with Crippen molar-refractivity contribution < 1.29 is 19.8 Å². The molecule has 0 bridgehead atoms. The molecule has 0 aliphatic carbocycles. The fourth-order valence-electron chi connectivity index (χ4n) is 0.552. The normalized spacial score (nSPS) is 14.5. The number of rotatable bonds is 8.